The quantitative estimate of drug-likeness (QED) is 0.538. The lowest BCUT2D eigenvalue weighted by Crippen LogP contribution is -2.23. The average Bonchev–Trinajstić information content (AvgIpc) is 2.58. The number of allylic oxidation sites excluding steroid dienone is 4. The second-order valence-electron chi connectivity index (χ2n) is 5.39. The Morgan fingerprint density at radius 2 is 2.00 bits per heavy atom. The minimum Gasteiger partial charge on any atom is -0.355 e. The number of hydrogen-bond donors (Lipinski definition) is 2. The van der Waals surface area contributed by atoms with Crippen LogP contribution in [0.1, 0.15) is 26.3 Å². The highest BCUT2D eigenvalue weighted by Gasteiger charge is 2.16. The largest absolute Gasteiger partial charge is 0.355 e. The summed E-state index contributed by atoms with van der Waals surface area (Å²) in [5.41, 5.74) is 4.83. The zero-order valence-corrected chi connectivity index (χ0v) is 15.6. The third-order valence-corrected chi connectivity index (χ3v) is 4.22. The highest BCUT2D eigenvalue weighted by atomic mass is 35.5. The van der Waals surface area contributed by atoms with Gasteiger partial charge in [-0.1, -0.05) is 49.9 Å². The predicted molar refractivity (Wildman–Crippen MR) is 104 cm³/mol. The topological polar surface area (TPSA) is 41.1 Å². The number of benzene rings is 1. The van der Waals surface area contributed by atoms with E-state index in [1.54, 1.807) is 13.1 Å². The van der Waals surface area contributed by atoms with Gasteiger partial charge in [-0.05, 0) is 49.1 Å². The van der Waals surface area contributed by atoms with Gasteiger partial charge in [-0.2, -0.15) is 0 Å². The molecule has 0 aliphatic carbocycles. The number of amides is 1. The van der Waals surface area contributed by atoms with Crippen molar-refractivity contribution >= 4 is 23.2 Å². The van der Waals surface area contributed by atoms with Gasteiger partial charge < -0.3 is 10.6 Å². The van der Waals surface area contributed by atoms with Crippen LogP contribution in [-0.4, -0.2) is 13.0 Å². The fourth-order valence-electron chi connectivity index (χ4n) is 2.33. The van der Waals surface area contributed by atoms with Crippen LogP contribution in [-0.2, 0) is 11.2 Å². The van der Waals surface area contributed by atoms with Gasteiger partial charge in [-0.15, -0.1) is 0 Å². The lowest BCUT2D eigenvalue weighted by Gasteiger charge is -2.19. The summed E-state index contributed by atoms with van der Waals surface area (Å²) in [6, 6.07) is 5.69. The molecule has 1 aromatic carbocycles. The van der Waals surface area contributed by atoms with Crippen molar-refractivity contribution in [3.8, 4) is 0 Å². The van der Waals surface area contributed by atoms with Crippen LogP contribution in [0.2, 0.25) is 5.02 Å². The number of carbonyl (C=O) groups excluding carboxylic acids is 1. The number of likely N-dealkylation sites (N-methyl/N-ethyl adjacent to an activating group) is 1. The van der Waals surface area contributed by atoms with Crippen LogP contribution in [0.3, 0.4) is 0 Å². The van der Waals surface area contributed by atoms with Crippen LogP contribution in [0.15, 0.2) is 65.9 Å². The van der Waals surface area contributed by atoms with Crippen LogP contribution >= 0.6 is 11.6 Å². The predicted octanol–water partition coefficient (Wildman–Crippen LogP) is 5.02. The molecule has 0 saturated heterocycles. The SMILES string of the molecule is C=C/C=C(C)/C(C)=C(\Nc1cccc(Cl)c1CC)C(=C)C(=O)NC. The van der Waals surface area contributed by atoms with Gasteiger partial charge >= 0.3 is 0 Å². The van der Waals surface area contributed by atoms with E-state index in [-0.39, 0.29) is 5.91 Å². The summed E-state index contributed by atoms with van der Waals surface area (Å²) in [7, 11) is 1.59. The second kappa shape index (κ2) is 9.14. The van der Waals surface area contributed by atoms with E-state index in [0.29, 0.717) is 16.3 Å². The summed E-state index contributed by atoms with van der Waals surface area (Å²) in [5, 5.41) is 6.67. The molecule has 1 amide bonds. The van der Waals surface area contributed by atoms with Gasteiger partial charge in [0.25, 0.3) is 5.91 Å². The van der Waals surface area contributed by atoms with Crippen molar-refractivity contribution in [1.82, 2.24) is 5.32 Å². The molecule has 3 nitrogen and oxygen atoms in total. The van der Waals surface area contributed by atoms with Gasteiger partial charge in [0.05, 0.1) is 11.3 Å². The Hall–Kier alpha value is -2.26. The number of hydrogen-bond acceptors (Lipinski definition) is 2. The highest BCUT2D eigenvalue weighted by Crippen LogP contribution is 2.29. The maximum atomic E-state index is 12.1. The van der Waals surface area contributed by atoms with Gasteiger partial charge in [-0.25, -0.2) is 0 Å². The first kappa shape index (κ1) is 19.8. The Kier molecular flexibility index (Phi) is 7.53. The number of carbonyl (C=O) groups is 1. The minimum atomic E-state index is -0.233. The second-order valence-corrected chi connectivity index (χ2v) is 5.79. The van der Waals surface area contributed by atoms with E-state index in [2.05, 4.69) is 23.8 Å². The fourth-order valence-corrected chi connectivity index (χ4v) is 2.64. The molecule has 0 fully saturated rings. The molecule has 0 atom stereocenters. The molecule has 0 aliphatic rings. The van der Waals surface area contributed by atoms with E-state index in [4.69, 9.17) is 11.6 Å². The van der Waals surface area contributed by atoms with Gasteiger partial charge in [0.15, 0.2) is 0 Å². The smallest absolute Gasteiger partial charge is 0.252 e. The van der Waals surface area contributed by atoms with Gasteiger partial charge in [0, 0.05) is 17.8 Å². The molecule has 0 unspecified atom stereocenters. The van der Waals surface area contributed by atoms with Crippen molar-refractivity contribution in [2.24, 2.45) is 0 Å². The molecule has 0 radical (unpaired) electrons. The van der Waals surface area contributed by atoms with E-state index in [9.17, 15) is 4.79 Å². The van der Waals surface area contributed by atoms with E-state index in [1.807, 2.05) is 45.0 Å². The minimum absolute atomic E-state index is 0.233. The normalized spacial score (nSPS) is 12.3. The van der Waals surface area contributed by atoms with Crippen LogP contribution < -0.4 is 10.6 Å². The third-order valence-electron chi connectivity index (χ3n) is 3.87. The van der Waals surface area contributed by atoms with Gasteiger partial charge in [0.2, 0.25) is 0 Å². The van der Waals surface area contributed by atoms with Crippen molar-refractivity contribution in [1.29, 1.82) is 0 Å². The average molecular weight is 345 g/mol. The van der Waals surface area contributed by atoms with Crippen molar-refractivity contribution in [3.05, 3.63) is 76.5 Å². The Morgan fingerprint density at radius 3 is 2.54 bits per heavy atom. The fraction of sp³-hybridized carbons (Fsp3) is 0.250. The third kappa shape index (κ3) is 4.62. The van der Waals surface area contributed by atoms with Gasteiger partial charge in [0.1, 0.15) is 0 Å². The number of nitrogens with one attached hydrogen (secondary N) is 2. The van der Waals surface area contributed by atoms with E-state index in [0.717, 1.165) is 28.8 Å². The van der Waals surface area contributed by atoms with Crippen molar-refractivity contribution in [3.63, 3.8) is 0 Å². The molecule has 0 aromatic heterocycles. The maximum Gasteiger partial charge on any atom is 0.252 e. The molecule has 4 heteroatoms. The van der Waals surface area contributed by atoms with Gasteiger partial charge in [-0.3, -0.25) is 4.79 Å². The summed E-state index contributed by atoms with van der Waals surface area (Å²) in [5.74, 6) is -0.233. The van der Waals surface area contributed by atoms with Crippen LogP contribution in [0.25, 0.3) is 0 Å². The molecule has 2 N–H and O–H groups in total. The zero-order valence-electron chi connectivity index (χ0n) is 14.8. The van der Waals surface area contributed by atoms with Crippen molar-refractivity contribution in [2.45, 2.75) is 27.2 Å². The Balaban J connectivity index is 3.46. The maximum absolute atomic E-state index is 12.1. The molecular weight excluding hydrogens is 320 g/mol. The van der Waals surface area contributed by atoms with Crippen molar-refractivity contribution < 1.29 is 4.79 Å². The number of anilines is 1. The van der Waals surface area contributed by atoms with E-state index < -0.39 is 0 Å². The zero-order chi connectivity index (χ0) is 18.3. The van der Waals surface area contributed by atoms with Crippen LogP contribution in [0.5, 0.6) is 0 Å². The van der Waals surface area contributed by atoms with Crippen LogP contribution in [0.4, 0.5) is 5.69 Å². The molecule has 0 saturated carbocycles. The molecule has 1 rings (SSSR count). The lowest BCUT2D eigenvalue weighted by molar-refractivity contribution is -0.116. The summed E-state index contributed by atoms with van der Waals surface area (Å²) in [4.78, 5) is 12.1. The molecular formula is C20H25ClN2O. The monoisotopic (exact) mass is 344 g/mol. The summed E-state index contributed by atoms with van der Waals surface area (Å²) in [6.45, 7) is 13.6. The number of rotatable bonds is 7. The molecule has 24 heavy (non-hydrogen) atoms. The number of halogens is 1. The Bertz CT molecular complexity index is 714. The first-order valence-electron chi connectivity index (χ1n) is 7.83. The Labute approximate surface area is 149 Å². The lowest BCUT2D eigenvalue weighted by atomic mass is 10.0. The molecule has 1 aromatic rings. The first-order chi connectivity index (χ1) is 11.4. The van der Waals surface area contributed by atoms with Crippen LogP contribution in [0, 0.1) is 0 Å². The molecule has 0 spiro atoms. The molecule has 0 bridgehead atoms. The molecule has 128 valence electrons. The first-order valence-corrected chi connectivity index (χ1v) is 8.21. The van der Waals surface area contributed by atoms with E-state index in [1.165, 1.54) is 0 Å². The summed E-state index contributed by atoms with van der Waals surface area (Å²) >= 11 is 6.29. The molecule has 0 aliphatic heterocycles. The molecule has 0 heterocycles. The van der Waals surface area contributed by atoms with E-state index >= 15 is 0 Å². The summed E-state index contributed by atoms with van der Waals surface area (Å²) < 4.78 is 0. The van der Waals surface area contributed by atoms with Crippen molar-refractivity contribution in [2.75, 3.05) is 12.4 Å². The highest BCUT2D eigenvalue weighted by molar-refractivity contribution is 6.31. The summed E-state index contributed by atoms with van der Waals surface area (Å²) in [6.07, 6.45) is 4.39. The standard InChI is InChI=1S/C20H25ClN2O/c1-7-10-13(3)14(4)19(15(5)20(24)22-6)23-18-12-9-11-17(21)16(18)8-2/h7,9-12,23H,1,5,8H2,2-4,6H3,(H,22,24)/b13-10+,19-14-. The Morgan fingerprint density at radius 1 is 1.33 bits per heavy atom.